The predicted octanol–water partition coefficient (Wildman–Crippen LogP) is 2.62. The second-order valence-electron chi connectivity index (χ2n) is 5.94. The van der Waals surface area contributed by atoms with Gasteiger partial charge in [0.1, 0.15) is 11.4 Å². The summed E-state index contributed by atoms with van der Waals surface area (Å²) in [6, 6.07) is 0. The molecule has 1 amide bonds. The Hall–Kier alpha value is -1.50. The summed E-state index contributed by atoms with van der Waals surface area (Å²) in [5.74, 6) is 2.72. The first kappa shape index (κ1) is 15.6. The standard InChI is InChI=1S/C15H23NO3/c1-5-6-7-8-12-11-16(10-9-13(12)17)14(18)19-15(2,3)4/h1,12H,6-11H2,2-4H3. The average molecular weight is 265 g/mol. The number of carbonyl (C=O) groups excluding carboxylic acids is 2. The lowest BCUT2D eigenvalue weighted by molar-refractivity contribution is -0.126. The van der Waals surface area contributed by atoms with E-state index in [0.29, 0.717) is 25.9 Å². The molecule has 0 saturated carbocycles. The summed E-state index contributed by atoms with van der Waals surface area (Å²) in [6.07, 6.45) is 7.55. The van der Waals surface area contributed by atoms with Gasteiger partial charge in [0, 0.05) is 31.8 Å². The van der Waals surface area contributed by atoms with E-state index in [2.05, 4.69) is 5.92 Å². The Morgan fingerprint density at radius 2 is 2.21 bits per heavy atom. The minimum atomic E-state index is -0.502. The molecule has 4 heteroatoms. The molecule has 19 heavy (non-hydrogen) atoms. The molecule has 1 atom stereocenters. The van der Waals surface area contributed by atoms with Crippen molar-refractivity contribution in [3.05, 3.63) is 0 Å². The molecule has 1 saturated heterocycles. The van der Waals surface area contributed by atoms with Crippen LogP contribution >= 0.6 is 0 Å². The van der Waals surface area contributed by atoms with Crippen molar-refractivity contribution >= 4 is 11.9 Å². The molecule has 1 unspecified atom stereocenters. The van der Waals surface area contributed by atoms with Crippen molar-refractivity contribution in [1.29, 1.82) is 0 Å². The number of rotatable bonds is 3. The highest BCUT2D eigenvalue weighted by Crippen LogP contribution is 2.20. The third-order valence-electron chi connectivity index (χ3n) is 3.05. The average Bonchev–Trinajstić information content (AvgIpc) is 2.29. The smallest absolute Gasteiger partial charge is 0.410 e. The first-order valence-corrected chi connectivity index (χ1v) is 6.77. The maximum Gasteiger partial charge on any atom is 0.410 e. The fourth-order valence-electron chi connectivity index (χ4n) is 2.10. The van der Waals surface area contributed by atoms with Crippen LogP contribution in [0.3, 0.4) is 0 Å². The number of unbranched alkanes of at least 4 members (excludes halogenated alkanes) is 1. The van der Waals surface area contributed by atoms with Crippen LogP contribution in [0.5, 0.6) is 0 Å². The number of ketones is 1. The van der Waals surface area contributed by atoms with Gasteiger partial charge in [0.25, 0.3) is 0 Å². The zero-order valence-electron chi connectivity index (χ0n) is 12.1. The van der Waals surface area contributed by atoms with E-state index in [-0.39, 0.29) is 17.8 Å². The summed E-state index contributed by atoms with van der Waals surface area (Å²) in [4.78, 5) is 25.4. The summed E-state index contributed by atoms with van der Waals surface area (Å²) in [7, 11) is 0. The first-order valence-electron chi connectivity index (χ1n) is 6.77. The Balaban J connectivity index is 2.52. The number of terminal acetylenes is 1. The van der Waals surface area contributed by atoms with Gasteiger partial charge in [0.2, 0.25) is 0 Å². The summed E-state index contributed by atoms with van der Waals surface area (Å²) in [5.41, 5.74) is -0.502. The van der Waals surface area contributed by atoms with Gasteiger partial charge in [0.05, 0.1) is 0 Å². The van der Waals surface area contributed by atoms with Crippen LogP contribution in [0.15, 0.2) is 0 Å². The van der Waals surface area contributed by atoms with Crippen molar-refractivity contribution in [3.8, 4) is 12.3 Å². The molecular formula is C15H23NO3. The van der Waals surface area contributed by atoms with Gasteiger partial charge in [-0.2, -0.15) is 0 Å². The number of hydrogen-bond acceptors (Lipinski definition) is 3. The van der Waals surface area contributed by atoms with Gasteiger partial charge in [-0.25, -0.2) is 4.79 Å². The zero-order chi connectivity index (χ0) is 14.5. The van der Waals surface area contributed by atoms with Gasteiger partial charge < -0.3 is 9.64 Å². The monoisotopic (exact) mass is 265 g/mol. The quantitative estimate of drug-likeness (QED) is 0.582. The predicted molar refractivity (Wildman–Crippen MR) is 73.6 cm³/mol. The third kappa shape index (κ3) is 5.34. The van der Waals surface area contributed by atoms with Crippen molar-refractivity contribution in [2.75, 3.05) is 13.1 Å². The summed E-state index contributed by atoms with van der Waals surface area (Å²) < 4.78 is 5.33. The highest BCUT2D eigenvalue weighted by atomic mass is 16.6. The number of carbonyl (C=O) groups is 2. The Morgan fingerprint density at radius 3 is 2.79 bits per heavy atom. The van der Waals surface area contributed by atoms with E-state index < -0.39 is 5.60 Å². The SMILES string of the molecule is C#CCCCC1CN(C(=O)OC(C)(C)C)CCC1=O. The topological polar surface area (TPSA) is 46.6 Å². The highest BCUT2D eigenvalue weighted by Gasteiger charge is 2.31. The second kappa shape index (κ2) is 6.60. The van der Waals surface area contributed by atoms with Crippen molar-refractivity contribution < 1.29 is 14.3 Å². The molecule has 1 aliphatic heterocycles. The fraction of sp³-hybridized carbons (Fsp3) is 0.733. The fourth-order valence-corrected chi connectivity index (χ4v) is 2.10. The molecular weight excluding hydrogens is 242 g/mol. The van der Waals surface area contributed by atoms with E-state index in [9.17, 15) is 9.59 Å². The van der Waals surface area contributed by atoms with Crippen LogP contribution in [0.4, 0.5) is 4.79 Å². The van der Waals surface area contributed by atoms with Crippen LogP contribution in [-0.2, 0) is 9.53 Å². The number of Topliss-reactive ketones (excluding diaryl/α,β-unsaturated/α-hetero) is 1. The molecule has 1 heterocycles. The maximum atomic E-state index is 12.0. The molecule has 1 rings (SSSR count). The normalized spacial score (nSPS) is 20.0. The van der Waals surface area contributed by atoms with E-state index in [1.54, 1.807) is 4.90 Å². The molecule has 0 aliphatic carbocycles. The minimum absolute atomic E-state index is 0.0883. The van der Waals surface area contributed by atoms with E-state index >= 15 is 0 Å². The Morgan fingerprint density at radius 1 is 1.53 bits per heavy atom. The Bertz CT molecular complexity index is 376. The van der Waals surface area contributed by atoms with Crippen LogP contribution in [-0.4, -0.2) is 35.5 Å². The minimum Gasteiger partial charge on any atom is -0.444 e. The number of nitrogens with zero attached hydrogens (tertiary/aromatic N) is 1. The van der Waals surface area contributed by atoms with Gasteiger partial charge >= 0.3 is 6.09 Å². The summed E-state index contributed by atoms with van der Waals surface area (Å²) in [5, 5.41) is 0. The largest absolute Gasteiger partial charge is 0.444 e. The summed E-state index contributed by atoms with van der Waals surface area (Å²) in [6.45, 7) is 6.43. The number of ether oxygens (including phenoxy) is 1. The first-order chi connectivity index (χ1) is 8.83. The van der Waals surface area contributed by atoms with Crippen molar-refractivity contribution in [2.24, 2.45) is 5.92 Å². The van der Waals surface area contributed by atoms with Gasteiger partial charge in [0.15, 0.2) is 0 Å². The highest BCUT2D eigenvalue weighted by molar-refractivity contribution is 5.84. The van der Waals surface area contributed by atoms with Gasteiger partial charge in [-0.05, 0) is 33.6 Å². The number of hydrogen-bond donors (Lipinski definition) is 0. The number of piperidine rings is 1. The molecule has 0 bridgehead atoms. The third-order valence-corrected chi connectivity index (χ3v) is 3.05. The van der Waals surface area contributed by atoms with Crippen molar-refractivity contribution in [1.82, 2.24) is 4.90 Å². The van der Waals surface area contributed by atoms with Crippen molar-refractivity contribution in [2.45, 2.75) is 52.1 Å². The zero-order valence-corrected chi connectivity index (χ0v) is 12.1. The molecule has 0 aromatic heterocycles. The van der Waals surface area contributed by atoms with Crippen LogP contribution in [0.1, 0.15) is 46.5 Å². The Kier molecular flexibility index (Phi) is 5.41. The second-order valence-corrected chi connectivity index (χ2v) is 5.94. The van der Waals surface area contributed by atoms with Crippen LogP contribution in [0, 0.1) is 18.3 Å². The molecule has 106 valence electrons. The molecule has 4 nitrogen and oxygen atoms in total. The molecule has 1 aliphatic rings. The number of likely N-dealkylation sites (tertiary alicyclic amines) is 1. The molecule has 0 aromatic carbocycles. The van der Waals surface area contributed by atoms with Gasteiger partial charge in [-0.3, -0.25) is 4.79 Å². The lowest BCUT2D eigenvalue weighted by atomic mass is 9.91. The number of amides is 1. The Labute approximate surface area is 115 Å². The van der Waals surface area contributed by atoms with E-state index in [1.165, 1.54) is 0 Å². The summed E-state index contributed by atoms with van der Waals surface area (Å²) >= 11 is 0. The molecule has 0 aromatic rings. The molecule has 0 radical (unpaired) electrons. The lowest BCUT2D eigenvalue weighted by Gasteiger charge is -2.33. The van der Waals surface area contributed by atoms with Gasteiger partial charge in [-0.15, -0.1) is 12.3 Å². The van der Waals surface area contributed by atoms with Crippen LogP contribution in [0.25, 0.3) is 0 Å². The maximum absolute atomic E-state index is 12.0. The van der Waals surface area contributed by atoms with Crippen molar-refractivity contribution in [3.63, 3.8) is 0 Å². The molecule has 0 spiro atoms. The van der Waals surface area contributed by atoms with E-state index in [4.69, 9.17) is 11.2 Å². The molecule has 0 N–H and O–H groups in total. The van der Waals surface area contributed by atoms with Gasteiger partial charge in [-0.1, -0.05) is 0 Å². The lowest BCUT2D eigenvalue weighted by Crippen LogP contribution is -2.46. The van der Waals surface area contributed by atoms with E-state index in [0.717, 1.165) is 12.8 Å². The van der Waals surface area contributed by atoms with Crippen LogP contribution in [0.2, 0.25) is 0 Å². The molecule has 1 fully saturated rings. The van der Waals surface area contributed by atoms with E-state index in [1.807, 2.05) is 20.8 Å². The van der Waals surface area contributed by atoms with Crippen LogP contribution < -0.4 is 0 Å².